The summed E-state index contributed by atoms with van der Waals surface area (Å²) < 4.78 is 73.7. The van der Waals surface area contributed by atoms with Gasteiger partial charge in [0.1, 0.15) is 11.5 Å². The average Bonchev–Trinajstić information content (AvgIpc) is 2.18. The van der Waals surface area contributed by atoms with Crippen LogP contribution in [0.4, 0.5) is 13.2 Å². The third-order valence-corrected chi connectivity index (χ3v) is 4.31. The lowest BCUT2D eigenvalue weighted by Gasteiger charge is -2.22. The van der Waals surface area contributed by atoms with Crippen molar-refractivity contribution in [1.82, 2.24) is 0 Å². The van der Waals surface area contributed by atoms with Crippen LogP contribution in [-0.2, 0) is 10.1 Å². The molecule has 20 heavy (non-hydrogen) atoms. The topological polar surface area (TPSA) is 63.6 Å². The molecule has 0 radical (unpaired) electrons. The Morgan fingerprint density at radius 3 is 2.00 bits per heavy atom. The van der Waals surface area contributed by atoms with Crippen LogP contribution in [0.1, 0.15) is 0 Å². The van der Waals surface area contributed by atoms with Crippen molar-refractivity contribution < 1.29 is 30.9 Å². The van der Waals surface area contributed by atoms with Crippen LogP contribution in [0.3, 0.4) is 0 Å². The van der Waals surface area contributed by atoms with E-state index in [1.54, 1.807) is 0 Å². The molecule has 1 rings (SSSR count). The molecule has 114 valence electrons. The standard InChI is InChI=1S/C9H6Br3F3O4S/c10-4-1-5(11)8(6(12)2-4)19-7(9(13,14)15)3-20(16,17)18/h1-2,7H,3H2,(H,16,17,18). The average molecular weight is 507 g/mol. The third kappa shape index (κ3) is 5.51. The van der Waals surface area contributed by atoms with Crippen molar-refractivity contribution in [1.29, 1.82) is 0 Å². The number of ether oxygens (including phenoxy) is 1. The zero-order valence-corrected chi connectivity index (χ0v) is 14.9. The Morgan fingerprint density at radius 2 is 1.65 bits per heavy atom. The number of halogens is 6. The van der Waals surface area contributed by atoms with E-state index in [4.69, 9.17) is 9.29 Å². The molecule has 0 aliphatic rings. The van der Waals surface area contributed by atoms with Crippen molar-refractivity contribution in [3.05, 3.63) is 25.6 Å². The van der Waals surface area contributed by atoms with E-state index < -0.39 is 28.2 Å². The van der Waals surface area contributed by atoms with E-state index >= 15 is 0 Å². The summed E-state index contributed by atoms with van der Waals surface area (Å²) in [4.78, 5) is 0. The second-order valence-electron chi connectivity index (χ2n) is 3.60. The summed E-state index contributed by atoms with van der Waals surface area (Å²) in [7, 11) is -4.85. The highest BCUT2D eigenvalue weighted by Crippen LogP contribution is 2.39. The summed E-state index contributed by atoms with van der Waals surface area (Å²) in [6.07, 6.45) is -7.65. The van der Waals surface area contributed by atoms with Gasteiger partial charge in [0.05, 0.1) is 8.95 Å². The summed E-state index contributed by atoms with van der Waals surface area (Å²) in [6.45, 7) is 0. The van der Waals surface area contributed by atoms with Gasteiger partial charge < -0.3 is 4.74 Å². The van der Waals surface area contributed by atoms with E-state index in [9.17, 15) is 21.6 Å². The fraction of sp³-hybridized carbons (Fsp3) is 0.333. The first-order valence-corrected chi connectivity index (χ1v) is 8.72. The van der Waals surface area contributed by atoms with Gasteiger partial charge in [-0.25, -0.2) is 0 Å². The summed E-state index contributed by atoms with van der Waals surface area (Å²) in [6, 6.07) is 2.86. The van der Waals surface area contributed by atoms with Crippen LogP contribution in [0, 0.1) is 0 Å². The van der Waals surface area contributed by atoms with Crippen molar-refractivity contribution >= 4 is 57.9 Å². The molecule has 1 aromatic carbocycles. The SMILES string of the molecule is O=S(=O)(O)CC(Oc1c(Br)cc(Br)cc1Br)C(F)(F)F. The summed E-state index contributed by atoms with van der Waals surface area (Å²) in [5, 5.41) is 0. The number of alkyl halides is 3. The Balaban J connectivity index is 3.14. The normalized spacial score (nSPS) is 14.2. The molecule has 0 heterocycles. The van der Waals surface area contributed by atoms with E-state index in [0.717, 1.165) is 0 Å². The fourth-order valence-electron chi connectivity index (χ4n) is 1.17. The molecule has 0 saturated heterocycles. The molecule has 11 heteroatoms. The first-order chi connectivity index (χ1) is 8.90. The molecule has 1 atom stereocenters. The highest BCUT2D eigenvalue weighted by molar-refractivity contribution is 9.11. The molecule has 0 fully saturated rings. The lowest BCUT2D eigenvalue weighted by Crippen LogP contribution is -2.40. The van der Waals surface area contributed by atoms with Gasteiger partial charge in [-0.15, -0.1) is 0 Å². The Kier molecular flexibility index (Phi) is 5.93. The van der Waals surface area contributed by atoms with Crippen molar-refractivity contribution in [3.63, 3.8) is 0 Å². The monoisotopic (exact) mass is 504 g/mol. The van der Waals surface area contributed by atoms with Gasteiger partial charge in [-0.05, 0) is 44.0 Å². The molecule has 0 bridgehead atoms. The van der Waals surface area contributed by atoms with Crippen molar-refractivity contribution in [3.8, 4) is 5.75 Å². The van der Waals surface area contributed by atoms with Crippen LogP contribution >= 0.6 is 47.8 Å². The largest absolute Gasteiger partial charge is 0.477 e. The number of hydrogen-bond acceptors (Lipinski definition) is 3. The van der Waals surface area contributed by atoms with Gasteiger partial charge in [-0.3, -0.25) is 4.55 Å². The first kappa shape index (κ1) is 18.2. The maximum atomic E-state index is 12.7. The van der Waals surface area contributed by atoms with Crippen LogP contribution in [0.5, 0.6) is 5.75 Å². The van der Waals surface area contributed by atoms with Gasteiger partial charge in [-0.1, -0.05) is 15.9 Å². The zero-order chi connectivity index (χ0) is 15.7. The molecule has 4 nitrogen and oxygen atoms in total. The van der Waals surface area contributed by atoms with E-state index in [1.807, 2.05) is 0 Å². The molecule has 0 aromatic heterocycles. The molecular formula is C9H6Br3F3O4S. The van der Waals surface area contributed by atoms with Gasteiger partial charge in [0, 0.05) is 4.47 Å². The molecule has 0 saturated carbocycles. The number of rotatable bonds is 4. The maximum Gasteiger partial charge on any atom is 0.426 e. The predicted octanol–water partition coefficient (Wildman–Crippen LogP) is 4.17. The minimum atomic E-state index is -4.96. The van der Waals surface area contributed by atoms with Gasteiger partial charge in [0.25, 0.3) is 10.1 Å². The van der Waals surface area contributed by atoms with Crippen molar-refractivity contribution in [2.75, 3.05) is 5.75 Å². The van der Waals surface area contributed by atoms with Gasteiger partial charge in [0.15, 0.2) is 0 Å². The van der Waals surface area contributed by atoms with E-state index in [0.29, 0.717) is 4.47 Å². The van der Waals surface area contributed by atoms with E-state index in [-0.39, 0.29) is 14.7 Å². The lowest BCUT2D eigenvalue weighted by molar-refractivity contribution is -0.188. The Morgan fingerprint density at radius 1 is 1.20 bits per heavy atom. The molecule has 0 spiro atoms. The maximum absolute atomic E-state index is 12.7. The van der Waals surface area contributed by atoms with E-state index in [1.165, 1.54) is 12.1 Å². The van der Waals surface area contributed by atoms with Crippen LogP contribution in [0.2, 0.25) is 0 Å². The number of hydrogen-bond donors (Lipinski definition) is 1. The van der Waals surface area contributed by atoms with Crippen LogP contribution in [0.15, 0.2) is 25.6 Å². The molecule has 1 aromatic rings. The van der Waals surface area contributed by atoms with Gasteiger partial charge in [-0.2, -0.15) is 21.6 Å². The van der Waals surface area contributed by atoms with Crippen LogP contribution in [0.25, 0.3) is 0 Å². The fourth-order valence-corrected chi connectivity index (χ4v) is 4.26. The van der Waals surface area contributed by atoms with Crippen LogP contribution < -0.4 is 4.74 Å². The first-order valence-electron chi connectivity index (χ1n) is 4.73. The van der Waals surface area contributed by atoms with Crippen molar-refractivity contribution in [2.45, 2.75) is 12.3 Å². The minimum absolute atomic E-state index is 0.184. The molecular weight excluding hydrogens is 501 g/mol. The third-order valence-electron chi connectivity index (χ3n) is 1.95. The molecule has 1 N–H and O–H groups in total. The second-order valence-corrected chi connectivity index (χ2v) is 7.72. The van der Waals surface area contributed by atoms with Crippen LogP contribution in [-0.4, -0.2) is 31.0 Å². The van der Waals surface area contributed by atoms with Gasteiger partial charge >= 0.3 is 6.18 Å². The number of benzene rings is 1. The predicted molar refractivity (Wildman–Crippen MR) is 76.4 cm³/mol. The Hall–Kier alpha value is 0.160. The summed E-state index contributed by atoms with van der Waals surface area (Å²) >= 11 is 9.15. The lowest BCUT2D eigenvalue weighted by atomic mass is 10.3. The quantitative estimate of drug-likeness (QED) is 0.623. The highest BCUT2D eigenvalue weighted by Gasteiger charge is 2.45. The Labute approximate surface area is 137 Å². The molecule has 0 amide bonds. The zero-order valence-electron chi connectivity index (χ0n) is 9.29. The molecule has 0 aliphatic carbocycles. The Bertz CT molecular complexity index is 580. The minimum Gasteiger partial charge on any atom is -0.477 e. The van der Waals surface area contributed by atoms with E-state index in [2.05, 4.69) is 47.8 Å². The smallest absolute Gasteiger partial charge is 0.426 e. The van der Waals surface area contributed by atoms with Crippen molar-refractivity contribution in [2.24, 2.45) is 0 Å². The molecule has 1 unspecified atom stereocenters. The second kappa shape index (κ2) is 6.51. The highest BCUT2D eigenvalue weighted by atomic mass is 79.9. The summed E-state index contributed by atoms with van der Waals surface area (Å²) in [5.74, 6) is -1.81. The summed E-state index contributed by atoms with van der Waals surface area (Å²) in [5.41, 5.74) is 0. The van der Waals surface area contributed by atoms with Gasteiger partial charge in [0.2, 0.25) is 6.10 Å². The molecule has 0 aliphatic heterocycles.